The van der Waals surface area contributed by atoms with Crippen molar-refractivity contribution in [2.75, 3.05) is 0 Å². The Morgan fingerprint density at radius 1 is 1.27 bits per heavy atom. The van der Waals surface area contributed by atoms with E-state index in [9.17, 15) is 9.59 Å². The lowest BCUT2D eigenvalue weighted by Crippen LogP contribution is -2.45. The summed E-state index contributed by atoms with van der Waals surface area (Å²) in [6, 6.07) is 5.83. The van der Waals surface area contributed by atoms with Gasteiger partial charge in [0.05, 0.1) is 15.6 Å². The molecule has 1 N–H and O–H groups in total. The van der Waals surface area contributed by atoms with Crippen molar-refractivity contribution in [3.8, 4) is 0 Å². The van der Waals surface area contributed by atoms with Crippen LogP contribution in [0.2, 0.25) is 10.0 Å². The highest BCUT2D eigenvalue weighted by molar-refractivity contribution is 9.10. The van der Waals surface area contributed by atoms with Crippen molar-refractivity contribution in [3.05, 3.63) is 54.6 Å². The number of halogens is 3. The molecule has 1 atom stereocenters. The average Bonchev–Trinajstić information content (AvgIpc) is 2.90. The molecule has 0 saturated carbocycles. The van der Waals surface area contributed by atoms with Gasteiger partial charge in [0.1, 0.15) is 11.6 Å². The number of ether oxygens (including phenoxy) is 1. The molecule has 1 aromatic carbocycles. The van der Waals surface area contributed by atoms with Crippen LogP contribution >= 0.6 is 50.5 Å². The monoisotopic (exact) mass is 477 g/mol. The fourth-order valence-electron chi connectivity index (χ4n) is 2.17. The Morgan fingerprint density at radius 2 is 1.88 bits per heavy atom. The summed E-state index contributed by atoms with van der Waals surface area (Å²) in [6.07, 6.45) is 0.305. The van der Waals surface area contributed by atoms with Crippen LogP contribution in [0.5, 0.6) is 0 Å². The van der Waals surface area contributed by atoms with Crippen molar-refractivity contribution in [3.63, 3.8) is 0 Å². The Balaban J connectivity index is 2.25. The second-order valence-electron chi connectivity index (χ2n) is 6.59. The minimum Gasteiger partial charge on any atom is -0.458 e. The maximum atomic E-state index is 12.7. The number of hydrogen-bond acceptors (Lipinski definition) is 4. The predicted molar refractivity (Wildman–Crippen MR) is 109 cm³/mol. The number of nitrogens with one attached hydrogen (secondary N) is 1. The van der Waals surface area contributed by atoms with Crippen molar-refractivity contribution in [2.45, 2.75) is 38.8 Å². The largest absolute Gasteiger partial charge is 0.458 e. The third-order valence-electron chi connectivity index (χ3n) is 3.21. The van der Waals surface area contributed by atoms with E-state index in [1.807, 2.05) is 11.4 Å². The zero-order valence-corrected chi connectivity index (χ0v) is 18.4. The van der Waals surface area contributed by atoms with Gasteiger partial charge in [0.15, 0.2) is 0 Å². The second kappa shape index (κ2) is 8.74. The van der Waals surface area contributed by atoms with Crippen LogP contribution in [-0.2, 0) is 16.0 Å². The molecule has 4 nitrogen and oxygen atoms in total. The molecule has 0 saturated heterocycles. The summed E-state index contributed by atoms with van der Waals surface area (Å²) >= 11 is 17.1. The first kappa shape index (κ1) is 21.2. The quantitative estimate of drug-likeness (QED) is 0.577. The predicted octanol–water partition coefficient (Wildman–Crippen LogP) is 5.50. The SMILES string of the molecule is CC(C)(C)OC(=O)C(Cc1cc(Br)cs1)NC(=O)c1c(Cl)cccc1Cl. The van der Waals surface area contributed by atoms with Gasteiger partial charge in [0.2, 0.25) is 0 Å². The Hall–Kier alpha value is -1.08. The molecular weight excluding hydrogens is 461 g/mol. The second-order valence-corrected chi connectivity index (χ2v) is 9.32. The number of carbonyl (C=O) groups excluding carboxylic acids is 2. The standard InChI is InChI=1S/C18H18BrCl2NO3S/c1-18(2,3)25-17(24)14(8-11-7-10(19)9-26-11)22-16(23)15-12(20)5-4-6-13(15)21/h4-7,9,14H,8H2,1-3H3,(H,22,23). The molecule has 1 aromatic heterocycles. The average molecular weight is 479 g/mol. The summed E-state index contributed by atoms with van der Waals surface area (Å²) in [4.78, 5) is 26.2. The summed E-state index contributed by atoms with van der Waals surface area (Å²) in [6.45, 7) is 5.32. The van der Waals surface area contributed by atoms with E-state index in [1.54, 1.807) is 39.0 Å². The number of rotatable bonds is 5. The van der Waals surface area contributed by atoms with Gasteiger partial charge in [0, 0.05) is 21.2 Å². The highest BCUT2D eigenvalue weighted by Crippen LogP contribution is 2.25. The zero-order valence-electron chi connectivity index (χ0n) is 14.4. The molecule has 2 rings (SSSR count). The van der Waals surface area contributed by atoms with Crippen LogP contribution in [0.4, 0.5) is 0 Å². The molecule has 0 aliphatic carbocycles. The maximum Gasteiger partial charge on any atom is 0.329 e. The highest BCUT2D eigenvalue weighted by Gasteiger charge is 2.29. The summed E-state index contributed by atoms with van der Waals surface area (Å²) in [5.41, 5.74) is -0.533. The van der Waals surface area contributed by atoms with Gasteiger partial charge in [-0.3, -0.25) is 4.79 Å². The van der Waals surface area contributed by atoms with Gasteiger partial charge >= 0.3 is 5.97 Å². The van der Waals surface area contributed by atoms with Crippen molar-refractivity contribution >= 4 is 62.3 Å². The first-order valence-corrected chi connectivity index (χ1v) is 10.2. The van der Waals surface area contributed by atoms with Crippen molar-refractivity contribution in [1.82, 2.24) is 5.32 Å². The number of hydrogen-bond donors (Lipinski definition) is 1. The molecule has 2 aromatic rings. The van der Waals surface area contributed by atoms with Crippen LogP contribution in [-0.4, -0.2) is 23.5 Å². The number of benzene rings is 1. The molecule has 0 aliphatic heterocycles. The van der Waals surface area contributed by atoms with Crippen LogP contribution in [0.3, 0.4) is 0 Å². The van der Waals surface area contributed by atoms with Crippen LogP contribution in [0.1, 0.15) is 36.0 Å². The lowest BCUT2D eigenvalue weighted by Gasteiger charge is -2.24. The minimum atomic E-state index is -0.861. The van der Waals surface area contributed by atoms with Crippen LogP contribution in [0.15, 0.2) is 34.1 Å². The van der Waals surface area contributed by atoms with E-state index in [0.29, 0.717) is 6.42 Å². The van der Waals surface area contributed by atoms with Gasteiger partial charge in [-0.1, -0.05) is 29.3 Å². The molecular formula is C18H18BrCl2NO3S. The van der Waals surface area contributed by atoms with Gasteiger partial charge < -0.3 is 10.1 Å². The number of carbonyl (C=O) groups is 2. The molecule has 0 aliphatic rings. The summed E-state index contributed by atoms with van der Waals surface area (Å²) in [5.74, 6) is -1.04. The van der Waals surface area contributed by atoms with Crippen LogP contribution in [0.25, 0.3) is 0 Å². The van der Waals surface area contributed by atoms with Gasteiger partial charge in [0.25, 0.3) is 5.91 Å². The van der Waals surface area contributed by atoms with Crippen LogP contribution in [0, 0.1) is 0 Å². The topological polar surface area (TPSA) is 55.4 Å². The molecule has 8 heteroatoms. The maximum absolute atomic E-state index is 12.7. The van der Waals surface area contributed by atoms with E-state index < -0.39 is 23.5 Å². The lowest BCUT2D eigenvalue weighted by molar-refractivity contribution is -0.157. The molecule has 0 radical (unpaired) electrons. The van der Waals surface area contributed by atoms with E-state index >= 15 is 0 Å². The fraction of sp³-hybridized carbons (Fsp3) is 0.333. The Labute approximate surface area is 175 Å². The van der Waals surface area contributed by atoms with Crippen molar-refractivity contribution < 1.29 is 14.3 Å². The Bertz CT molecular complexity index is 797. The molecule has 1 heterocycles. The highest BCUT2D eigenvalue weighted by atomic mass is 79.9. The Kier molecular flexibility index (Phi) is 7.13. The normalized spacial score (nSPS) is 12.5. The van der Waals surface area contributed by atoms with E-state index in [-0.39, 0.29) is 15.6 Å². The molecule has 26 heavy (non-hydrogen) atoms. The summed E-state index contributed by atoms with van der Waals surface area (Å²) in [5, 5.41) is 5.05. The van der Waals surface area contributed by atoms with Gasteiger partial charge in [-0.25, -0.2) is 4.79 Å². The number of thiophene rings is 1. The van der Waals surface area contributed by atoms with Gasteiger partial charge in [-0.2, -0.15) is 0 Å². The smallest absolute Gasteiger partial charge is 0.329 e. The van der Waals surface area contributed by atoms with Gasteiger partial charge in [-0.05, 0) is 54.9 Å². The molecule has 140 valence electrons. The summed E-state index contributed by atoms with van der Waals surface area (Å²) < 4.78 is 6.37. The molecule has 0 spiro atoms. The molecule has 0 fully saturated rings. The van der Waals surface area contributed by atoms with Gasteiger partial charge in [-0.15, -0.1) is 11.3 Å². The third kappa shape index (κ3) is 5.98. The van der Waals surface area contributed by atoms with E-state index in [2.05, 4.69) is 21.2 Å². The molecule has 0 bridgehead atoms. The van der Waals surface area contributed by atoms with Crippen molar-refractivity contribution in [2.24, 2.45) is 0 Å². The fourth-order valence-corrected chi connectivity index (χ4v) is 4.24. The zero-order chi connectivity index (χ0) is 19.5. The summed E-state index contributed by atoms with van der Waals surface area (Å²) in [7, 11) is 0. The first-order chi connectivity index (χ1) is 12.1. The molecule has 1 amide bonds. The molecule has 1 unspecified atom stereocenters. The Morgan fingerprint density at radius 3 is 2.38 bits per heavy atom. The lowest BCUT2D eigenvalue weighted by atomic mass is 10.1. The van der Waals surface area contributed by atoms with Crippen molar-refractivity contribution in [1.29, 1.82) is 0 Å². The van der Waals surface area contributed by atoms with E-state index in [4.69, 9.17) is 27.9 Å². The number of esters is 1. The number of amides is 1. The van der Waals surface area contributed by atoms with E-state index in [0.717, 1.165) is 9.35 Å². The minimum absolute atomic E-state index is 0.136. The third-order valence-corrected chi connectivity index (χ3v) is 5.56. The van der Waals surface area contributed by atoms with Crippen LogP contribution < -0.4 is 5.32 Å². The van der Waals surface area contributed by atoms with E-state index in [1.165, 1.54) is 11.3 Å². The first-order valence-electron chi connectivity index (χ1n) is 7.77.